The van der Waals surface area contributed by atoms with Gasteiger partial charge in [-0.15, -0.1) is 0 Å². The van der Waals surface area contributed by atoms with Gasteiger partial charge in [-0.2, -0.15) is 12.6 Å². The molecule has 0 amide bonds. The molecular formula is C15H28OS. The number of hydrogen-bond acceptors (Lipinski definition) is 2. The Morgan fingerprint density at radius 3 is 2.59 bits per heavy atom. The summed E-state index contributed by atoms with van der Waals surface area (Å²) in [5.74, 6) is 2.29. The highest BCUT2D eigenvalue weighted by Gasteiger charge is 2.48. The molecule has 0 aliphatic carbocycles. The summed E-state index contributed by atoms with van der Waals surface area (Å²) in [6, 6.07) is 0. The molecule has 1 aliphatic rings. The molecule has 0 N–H and O–H groups in total. The first-order chi connectivity index (χ1) is 7.72. The number of hydrogen-bond donors (Lipinski definition) is 1. The van der Waals surface area contributed by atoms with Gasteiger partial charge in [0.25, 0.3) is 0 Å². The Labute approximate surface area is 112 Å². The Kier molecular flexibility index (Phi) is 4.62. The third-order valence-corrected chi connectivity index (χ3v) is 4.48. The Balaban J connectivity index is 3.00. The van der Waals surface area contributed by atoms with E-state index in [0.717, 1.165) is 25.0 Å². The van der Waals surface area contributed by atoms with Gasteiger partial charge in [0, 0.05) is 0 Å². The summed E-state index contributed by atoms with van der Waals surface area (Å²) in [7, 11) is 0. The predicted octanol–water partition coefficient (Wildman–Crippen LogP) is 4.83. The van der Waals surface area contributed by atoms with Crippen molar-refractivity contribution in [2.24, 2.45) is 11.8 Å². The Bertz CT molecular complexity index is 293. The fraction of sp³-hybridized carbons (Fsp3) is 0.867. The summed E-state index contributed by atoms with van der Waals surface area (Å²) in [6.45, 7) is 13.3. The van der Waals surface area contributed by atoms with Gasteiger partial charge in [-0.3, -0.25) is 0 Å². The van der Waals surface area contributed by atoms with Gasteiger partial charge < -0.3 is 4.74 Å². The van der Waals surface area contributed by atoms with Crippen LogP contribution in [0.2, 0.25) is 0 Å². The van der Waals surface area contributed by atoms with Crippen LogP contribution >= 0.6 is 12.6 Å². The second kappa shape index (κ2) is 5.26. The SMILES string of the molecule is CCC1(C(C)(S)CC(C)C)CC(C)C=C(C)O1. The molecule has 100 valence electrons. The molecular weight excluding hydrogens is 228 g/mol. The minimum atomic E-state index is -0.112. The predicted molar refractivity (Wildman–Crippen MR) is 78.5 cm³/mol. The van der Waals surface area contributed by atoms with Crippen molar-refractivity contribution in [3.63, 3.8) is 0 Å². The molecule has 1 aliphatic heterocycles. The van der Waals surface area contributed by atoms with Gasteiger partial charge in [-0.05, 0) is 51.0 Å². The summed E-state index contributed by atoms with van der Waals surface area (Å²) < 4.78 is 6.17. The van der Waals surface area contributed by atoms with Gasteiger partial charge in [0.05, 0.1) is 10.5 Å². The second-order valence-corrected chi connectivity index (χ2v) is 7.27. The lowest BCUT2D eigenvalue weighted by atomic mass is 9.73. The average Bonchev–Trinajstić information content (AvgIpc) is 2.13. The van der Waals surface area contributed by atoms with E-state index in [-0.39, 0.29) is 10.3 Å². The summed E-state index contributed by atoms with van der Waals surface area (Å²) >= 11 is 4.96. The lowest BCUT2D eigenvalue weighted by Crippen LogP contribution is -2.52. The van der Waals surface area contributed by atoms with E-state index in [9.17, 15) is 0 Å². The van der Waals surface area contributed by atoms with Crippen LogP contribution in [0.15, 0.2) is 11.8 Å². The summed E-state index contributed by atoms with van der Waals surface area (Å²) in [5.41, 5.74) is -0.112. The van der Waals surface area contributed by atoms with Crippen molar-refractivity contribution in [3.8, 4) is 0 Å². The minimum Gasteiger partial charge on any atom is -0.491 e. The summed E-state index contributed by atoms with van der Waals surface area (Å²) in [6.07, 6.45) is 5.42. The quantitative estimate of drug-likeness (QED) is 0.709. The van der Waals surface area contributed by atoms with E-state index in [2.05, 4.69) is 47.6 Å². The van der Waals surface area contributed by atoms with Crippen LogP contribution in [0.3, 0.4) is 0 Å². The highest BCUT2D eigenvalue weighted by molar-refractivity contribution is 7.81. The lowest BCUT2D eigenvalue weighted by Gasteiger charge is -2.49. The molecule has 0 aromatic heterocycles. The van der Waals surface area contributed by atoms with Gasteiger partial charge in [-0.1, -0.05) is 27.7 Å². The van der Waals surface area contributed by atoms with Gasteiger partial charge >= 0.3 is 0 Å². The topological polar surface area (TPSA) is 9.23 Å². The molecule has 1 nitrogen and oxygen atoms in total. The number of thiol groups is 1. The zero-order chi connectivity index (χ0) is 13.3. The molecule has 1 heterocycles. The third-order valence-electron chi connectivity index (χ3n) is 3.89. The van der Waals surface area contributed by atoms with Crippen molar-refractivity contribution in [3.05, 3.63) is 11.8 Å². The number of allylic oxidation sites excluding steroid dienone is 2. The molecule has 2 heteroatoms. The molecule has 0 bridgehead atoms. The Morgan fingerprint density at radius 2 is 2.18 bits per heavy atom. The van der Waals surface area contributed by atoms with Gasteiger partial charge in [0.15, 0.2) is 0 Å². The molecule has 17 heavy (non-hydrogen) atoms. The largest absolute Gasteiger partial charge is 0.491 e. The molecule has 0 aromatic rings. The summed E-state index contributed by atoms with van der Waals surface area (Å²) in [5, 5.41) is 0. The Morgan fingerprint density at radius 1 is 1.59 bits per heavy atom. The number of rotatable bonds is 4. The van der Waals surface area contributed by atoms with E-state index >= 15 is 0 Å². The molecule has 0 fully saturated rings. The fourth-order valence-corrected chi connectivity index (χ4v) is 3.93. The van der Waals surface area contributed by atoms with Crippen molar-refractivity contribution in [2.75, 3.05) is 0 Å². The van der Waals surface area contributed by atoms with E-state index in [0.29, 0.717) is 11.8 Å². The molecule has 0 saturated heterocycles. The molecule has 1 rings (SSSR count). The molecule has 0 aromatic carbocycles. The molecule has 3 unspecified atom stereocenters. The first-order valence-electron chi connectivity index (χ1n) is 6.82. The average molecular weight is 256 g/mol. The highest BCUT2D eigenvalue weighted by Crippen LogP contribution is 2.47. The maximum Gasteiger partial charge on any atom is 0.123 e. The van der Waals surface area contributed by atoms with Crippen LogP contribution in [-0.4, -0.2) is 10.3 Å². The third kappa shape index (κ3) is 3.21. The molecule has 0 spiro atoms. The first-order valence-corrected chi connectivity index (χ1v) is 7.27. The van der Waals surface area contributed by atoms with Crippen molar-refractivity contribution in [2.45, 2.75) is 71.2 Å². The maximum absolute atomic E-state index is 6.24. The minimum absolute atomic E-state index is 0.0697. The van der Waals surface area contributed by atoms with Gasteiger partial charge in [0.2, 0.25) is 0 Å². The number of ether oxygens (including phenoxy) is 1. The molecule has 3 atom stereocenters. The van der Waals surface area contributed by atoms with Crippen LogP contribution in [0.4, 0.5) is 0 Å². The normalized spacial score (nSPS) is 32.9. The van der Waals surface area contributed by atoms with Gasteiger partial charge in [-0.25, -0.2) is 0 Å². The van der Waals surface area contributed by atoms with Crippen molar-refractivity contribution >= 4 is 12.6 Å². The van der Waals surface area contributed by atoms with Crippen LogP contribution in [0, 0.1) is 11.8 Å². The zero-order valence-corrected chi connectivity index (χ0v) is 13.1. The molecule has 0 saturated carbocycles. The standard InChI is InChI=1S/C15H28OS/c1-7-15(14(6,17)9-11(2)3)10-12(4)8-13(5)16-15/h8,11-12,17H,7,9-10H2,1-6H3. The lowest BCUT2D eigenvalue weighted by molar-refractivity contribution is -0.0605. The molecule has 0 radical (unpaired) electrons. The van der Waals surface area contributed by atoms with Crippen molar-refractivity contribution in [1.82, 2.24) is 0 Å². The van der Waals surface area contributed by atoms with Crippen LogP contribution in [0.1, 0.15) is 60.8 Å². The van der Waals surface area contributed by atoms with E-state index in [4.69, 9.17) is 17.4 Å². The van der Waals surface area contributed by atoms with E-state index in [1.54, 1.807) is 0 Å². The second-order valence-electron chi connectivity index (χ2n) is 6.28. The van der Waals surface area contributed by atoms with Crippen molar-refractivity contribution < 1.29 is 4.74 Å². The van der Waals surface area contributed by atoms with Gasteiger partial charge in [0.1, 0.15) is 5.60 Å². The summed E-state index contributed by atoms with van der Waals surface area (Å²) in [4.78, 5) is 0. The van der Waals surface area contributed by atoms with Crippen molar-refractivity contribution in [1.29, 1.82) is 0 Å². The van der Waals surface area contributed by atoms with E-state index in [1.165, 1.54) is 0 Å². The van der Waals surface area contributed by atoms with Crippen LogP contribution in [-0.2, 0) is 4.74 Å². The zero-order valence-electron chi connectivity index (χ0n) is 12.2. The van der Waals surface area contributed by atoms with Crippen LogP contribution in [0.5, 0.6) is 0 Å². The van der Waals surface area contributed by atoms with E-state index in [1.807, 2.05) is 0 Å². The fourth-order valence-electron chi connectivity index (χ4n) is 3.27. The monoisotopic (exact) mass is 256 g/mol. The van der Waals surface area contributed by atoms with Crippen LogP contribution < -0.4 is 0 Å². The van der Waals surface area contributed by atoms with Crippen LogP contribution in [0.25, 0.3) is 0 Å². The first kappa shape index (κ1) is 14.9. The van der Waals surface area contributed by atoms with E-state index < -0.39 is 0 Å². The Hall–Kier alpha value is -0.110. The smallest absolute Gasteiger partial charge is 0.123 e. The maximum atomic E-state index is 6.24. The highest BCUT2D eigenvalue weighted by atomic mass is 32.1.